The Morgan fingerprint density at radius 2 is 1.80 bits per heavy atom. The average Bonchev–Trinajstić information content (AvgIpc) is 3.05. The average molecular weight is 426 g/mol. The molecule has 0 radical (unpaired) electrons. The molecule has 0 unspecified atom stereocenters. The first kappa shape index (κ1) is 21.7. The van der Waals surface area contributed by atoms with Gasteiger partial charge < -0.3 is 5.32 Å². The van der Waals surface area contributed by atoms with Crippen LogP contribution in [0.5, 0.6) is 0 Å². The summed E-state index contributed by atoms with van der Waals surface area (Å²) in [6, 6.07) is 11.1. The van der Waals surface area contributed by atoms with E-state index in [4.69, 9.17) is 0 Å². The predicted octanol–water partition coefficient (Wildman–Crippen LogP) is 4.91. The van der Waals surface area contributed by atoms with E-state index in [0.29, 0.717) is 12.1 Å². The van der Waals surface area contributed by atoms with Gasteiger partial charge in [-0.25, -0.2) is 4.98 Å². The van der Waals surface area contributed by atoms with Crippen LogP contribution in [0.4, 0.5) is 27.6 Å². The number of imidazole rings is 1. The smallest absolute Gasteiger partial charge is 0.324 e. The molecule has 0 saturated heterocycles. The van der Waals surface area contributed by atoms with E-state index in [2.05, 4.69) is 10.3 Å². The van der Waals surface area contributed by atoms with Crippen molar-refractivity contribution in [3.05, 3.63) is 59.9 Å². The molecule has 0 bridgehead atoms. The molecule has 2 aromatic carbocycles. The predicted molar refractivity (Wildman–Crippen MR) is 102 cm³/mol. The van der Waals surface area contributed by atoms with Crippen LogP contribution in [0.25, 0.3) is 11.0 Å². The molecule has 1 N–H and O–H groups in total. The second kappa shape index (κ2) is 8.78. The second-order valence-electron chi connectivity index (χ2n) is 6.56. The van der Waals surface area contributed by atoms with E-state index in [9.17, 15) is 26.7 Å². The SMILES string of the molecule is CCN(CC(=O)Nc1ccccc1C(F)(F)F)Cc1nc2ccccc2n1C(F)F. The first-order valence-electron chi connectivity index (χ1n) is 9.13. The molecule has 1 amide bonds. The summed E-state index contributed by atoms with van der Waals surface area (Å²) in [5.74, 6) is -0.621. The van der Waals surface area contributed by atoms with Crippen LogP contribution in [0.2, 0.25) is 0 Å². The Morgan fingerprint density at radius 1 is 1.13 bits per heavy atom. The van der Waals surface area contributed by atoms with E-state index < -0.39 is 24.2 Å². The molecular formula is C20H19F5N4O. The summed E-state index contributed by atoms with van der Waals surface area (Å²) >= 11 is 0. The summed E-state index contributed by atoms with van der Waals surface area (Å²) in [5.41, 5.74) is -0.652. The number of hydrogen-bond acceptors (Lipinski definition) is 3. The molecule has 0 spiro atoms. The van der Waals surface area contributed by atoms with Crippen molar-refractivity contribution in [2.24, 2.45) is 0 Å². The lowest BCUT2D eigenvalue weighted by Gasteiger charge is -2.21. The van der Waals surface area contributed by atoms with E-state index >= 15 is 0 Å². The first-order valence-corrected chi connectivity index (χ1v) is 9.13. The highest BCUT2D eigenvalue weighted by molar-refractivity contribution is 5.93. The van der Waals surface area contributed by atoms with E-state index in [1.54, 1.807) is 25.1 Å². The van der Waals surface area contributed by atoms with Crippen LogP contribution in [-0.2, 0) is 17.5 Å². The minimum absolute atomic E-state index is 0.0656. The van der Waals surface area contributed by atoms with E-state index in [1.165, 1.54) is 23.1 Å². The van der Waals surface area contributed by atoms with Crippen LogP contribution in [0.3, 0.4) is 0 Å². The van der Waals surface area contributed by atoms with Gasteiger partial charge in [0.1, 0.15) is 5.82 Å². The Bertz CT molecular complexity index is 1030. The van der Waals surface area contributed by atoms with E-state index in [0.717, 1.165) is 16.7 Å². The van der Waals surface area contributed by atoms with Gasteiger partial charge in [0.25, 0.3) is 0 Å². The van der Waals surface area contributed by atoms with Crippen LogP contribution in [-0.4, -0.2) is 33.4 Å². The van der Waals surface area contributed by atoms with Gasteiger partial charge in [-0.3, -0.25) is 14.3 Å². The number of alkyl halides is 5. The fourth-order valence-electron chi connectivity index (χ4n) is 3.14. The summed E-state index contributed by atoms with van der Waals surface area (Å²) in [7, 11) is 0. The number of nitrogens with zero attached hydrogens (tertiary/aromatic N) is 3. The standard InChI is InChI=1S/C20H19F5N4O/c1-2-28(11-17-26-15-9-5-6-10-16(15)29(17)19(21)22)12-18(30)27-14-8-4-3-7-13(14)20(23,24)25/h3-10,19H,2,11-12H2,1H3,(H,27,30). The Morgan fingerprint density at radius 3 is 2.47 bits per heavy atom. The first-order chi connectivity index (χ1) is 14.2. The molecule has 0 aliphatic heterocycles. The summed E-state index contributed by atoms with van der Waals surface area (Å²) in [4.78, 5) is 18.1. The van der Waals surface area contributed by atoms with Crippen molar-refractivity contribution in [3.63, 3.8) is 0 Å². The van der Waals surface area contributed by atoms with Crippen molar-refractivity contribution in [3.8, 4) is 0 Å². The van der Waals surface area contributed by atoms with Gasteiger partial charge >= 0.3 is 12.7 Å². The van der Waals surface area contributed by atoms with Gasteiger partial charge in [-0.05, 0) is 30.8 Å². The zero-order chi connectivity index (χ0) is 21.9. The molecule has 30 heavy (non-hydrogen) atoms. The third kappa shape index (κ3) is 4.76. The summed E-state index contributed by atoms with van der Waals surface area (Å²) < 4.78 is 67.2. The van der Waals surface area contributed by atoms with Gasteiger partial charge in [0.05, 0.1) is 35.4 Å². The third-order valence-corrected chi connectivity index (χ3v) is 4.55. The minimum Gasteiger partial charge on any atom is -0.324 e. The number of nitrogens with one attached hydrogen (secondary N) is 1. The number of rotatable bonds is 7. The highest BCUT2D eigenvalue weighted by atomic mass is 19.4. The maximum absolute atomic E-state index is 13.6. The second-order valence-corrected chi connectivity index (χ2v) is 6.56. The van der Waals surface area contributed by atoms with Crippen LogP contribution in [0.15, 0.2) is 48.5 Å². The molecule has 0 atom stereocenters. The van der Waals surface area contributed by atoms with Crippen molar-refractivity contribution in [2.45, 2.75) is 26.2 Å². The normalized spacial score (nSPS) is 12.1. The van der Waals surface area contributed by atoms with Crippen molar-refractivity contribution in [1.82, 2.24) is 14.5 Å². The number of hydrogen-bond donors (Lipinski definition) is 1. The number of carbonyl (C=O) groups is 1. The molecule has 0 aliphatic rings. The molecule has 160 valence electrons. The van der Waals surface area contributed by atoms with Crippen LogP contribution < -0.4 is 5.32 Å². The van der Waals surface area contributed by atoms with Crippen molar-refractivity contribution >= 4 is 22.6 Å². The number of aromatic nitrogens is 2. The number of carbonyl (C=O) groups excluding carboxylic acids is 1. The molecule has 1 heterocycles. The summed E-state index contributed by atoms with van der Waals surface area (Å²) in [6.45, 7) is -1.15. The maximum atomic E-state index is 13.6. The zero-order valence-electron chi connectivity index (χ0n) is 16.0. The lowest BCUT2D eigenvalue weighted by Crippen LogP contribution is -2.34. The molecule has 5 nitrogen and oxygen atoms in total. The summed E-state index contributed by atoms with van der Waals surface area (Å²) in [6.07, 6.45) is -4.61. The molecule has 1 aromatic heterocycles. The van der Waals surface area contributed by atoms with Gasteiger partial charge in [-0.2, -0.15) is 22.0 Å². The quantitative estimate of drug-likeness (QED) is 0.546. The lowest BCUT2D eigenvalue weighted by molar-refractivity contribution is -0.137. The fraction of sp³-hybridized carbons (Fsp3) is 0.300. The molecule has 0 saturated carbocycles. The van der Waals surface area contributed by atoms with Gasteiger partial charge in [-0.1, -0.05) is 31.2 Å². The van der Waals surface area contributed by atoms with Gasteiger partial charge in [0.15, 0.2) is 0 Å². The number of benzene rings is 2. The maximum Gasteiger partial charge on any atom is 0.418 e. The van der Waals surface area contributed by atoms with E-state index in [1.807, 2.05) is 0 Å². The van der Waals surface area contributed by atoms with Crippen LogP contribution in [0, 0.1) is 0 Å². The Hall–Kier alpha value is -3.01. The molecular weight excluding hydrogens is 407 g/mol. The Labute approximate surface area is 169 Å². The molecule has 0 aliphatic carbocycles. The van der Waals surface area contributed by atoms with Crippen molar-refractivity contribution in [1.29, 1.82) is 0 Å². The lowest BCUT2D eigenvalue weighted by atomic mass is 10.1. The molecule has 0 fully saturated rings. The van der Waals surface area contributed by atoms with Gasteiger partial charge in [-0.15, -0.1) is 0 Å². The van der Waals surface area contributed by atoms with Crippen molar-refractivity contribution in [2.75, 3.05) is 18.4 Å². The minimum atomic E-state index is -4.61. The molecule has 3 rings (SSSR count). The monoisotopic (exact) mass is 426 g/mol. The number of para-hydroxylation sites is 3. The molecule has 3 aromatic rings. The Balaban J connectivity index is 1.77. The number of anilines is 1. The van der Waals surface area contributed by atoms with Crippen LogP contribution >= 0.6 is 0 Å². The van der Waals surface area contributed by atoms with Crippen LogP contribution in [0.1, 0.15) is 24.9 Å². The topological polar surface area (TPSA) is 50.2 Å². The highest BCUT2D eigenvalue weighted by Crippen LogP contribution is 2.34. The fourth-order valence-corrected chi connectivity index (χ4v) is 3.14. The van der Waals surface area contributed by atoms with E-state index in [-0.39, 0.29) is 30.1 Å². The summed E-state index contributed by atoms with van der Waals surface area (Å²) in [5, 5.41) is 2.26. The Kier molecular flexibility index (Phi) is 6.35. The number of halogens is 5. The number of likely N-dealkylation sites (N-methyl/N-ethyl adjacent to an activating group) is 1. The number of amides is 1. The van der Waals surface area contributed by atoms with Gasteiger partial charge in [0.2, 0.25) is 5.91 Å². The molecule has 10 heteroatoms. The highest BCUT2D eigenvalue weighted by Gasteiger charge is 2.33. The number of fused-ring (bicyclic) bond motifs is 1. The van der Waals surface area contributed by atoms with Crippen molar-refractivity contribution < 1.29 is 26.7 Å². The largest absolute Gasteiger partial charge is 0.418 e. The van der Waals surface area contributed by atoms with Gasteiger partial charge in [0, 0.05) is 0 Å². The zero-order valence-corrected chi connectivity index (χ0v) is 16.0. The third-order valence-electron chi connectivity index (χ3n) is 4.55.